The molecular formula is C17H19ClN2O2. The molecule has 0 fully saturated rings. The summed E-state index contributed by atoms with van der Waals surface area (Å²) in [6.45, 7) is 2.47. The molecule has 0 aromatic heterocycles. The molecule has 0 bridgehead atoms. The smallest absolute Gasteiger partial charge is 0.322 e. The molecule has 0 saturated carbocycles. The van der Waals surface area contributed by atoms with Gasteiger partial charge in [-0.3, -0.25) is 0 Å². The number of rotatable bonds is 5. The van der Waals surface area contributed by atoms with Crippen molar-refractivity contribution in [1.82, 2.24) is 4.90 Å². The van der Waals surface area contributed by atoms with Crippen molar-refractivity contribution < 1.29 is 9.90 Å². The molecule has 22 heavy (non-hydrogen) atoms. The van der Waals surface area contributed by atoms with E-state index in [4.69, 9.17) is 11.6 Å². The number of anilines is 1. The Kier molecular flexibility index (Phi) is 5.81. The van der Waals surface area contributed by atoms with Crippen molar-refractivity contribution in [3.05, 3.63) is 64.7 Å². The third-order valence-electron chi connectivity index (χ3n) is 3.31. The van der Waals surface area contributed by atoms with E-state index in [1.807, 2.05) is 49.4 Å². The standard InChI is InChI=1S/C17H19ClN2O2/c1-13-6-5-9-15(16(13)18)19-17(22)20(10-11-21)12-14-7-3-2-4-8-14/h2-9,21H,10-12H2,1H3,(H,19,22). The minimum absolute atomic E-state index is 0.0954. The Morgan fingerprint density at radius 1 is 1.18 bits per heavy atom. The Hall–Kier alpha value is -2.04. The highest BCUT2D eigenvalue weighted by Crippen LogP contribution is 2.25. The second kappa shape index (κ2) is 7.82. The zero-order valence-corrected chi connectivity index (χ0v) is 13.2. The van der Waals surface area contributed by atoms with Crippen molar-refractivity contribution in [2.45, 2.75) is 13.5 Å². The number of benzene rings is 2. The lowest BCUT2D eigenvalue weighted by Crippen LogP contribution is -2.36. The summed E-state index contributed by atoms with van der Waals surface area (Å²) in [6, 6.07) is 14.8. The fourth-order valence-electron chi connectivity index (χ4n) is 2.12. The molecule has 0 heterocycles. The van der Waals surface area contributed by atoms with Gasteiger partial charge in [-0.15, -0.1) is 0 Å². The van der Waals surface area contributed by atoms with Crippen LogP contribution in [0.2, 0.25) is 5.02 Å². The van der Waals surface area contributed by atoms with Gasteiger partial charge >= 0.3 is 6.03 Å². The first-order valence-corrected chi connectivity index (χ1v) is 7.45. The zero-order chi connectivity index (χ0) is 15.9. The molecule has 0 aliphatic heterocycles. The minimum atomic E-state index is -0.287. The second-order valence-corrected chi connectivity index (χ2v) is 5.38. The number of carbonyl (C=O) groups is 1. The monoisotopic (exact) mass is 318 g/mol. The summed E-state index contributed by atoms with van der Waals surface area (Å²) in [7, 11) is 0. The number of nitrogens with zero attached hydrogens (tertiary/aromatic N) is 1. The average Bonchev–Trinajstić information content (AvgIpc) is 2.52. The van der Waals surface area contributed by atoms with E-state index in [2.05, 4.69) is 5.32 Å². The number of aliphatic hydroxyl groups excluding tert-OH is 1. The number of aliphatic hydroxyl groups is 1. The Bertz CT molecular complexity index is 632. The van der Waals surface area contributed by atoms with Gasteiger partial charge in [0.1, 0.15) is 0 Å². The second-order valence-electron chi connectivity index (χ2n) is 5.00. The van der Waals surface area contributed by atoms with Gasteiger partial charge in [0.05, 0.1) is 17.3 Å². The first kappa shape index (κ1) is 16.3. The van der Waals surface area contributed by atoms with E-state index < -0.39 is 0 Å². The van der Waals surface area contributed by atoms with E-state index in [9.17, 15) is 9.90 Å². The summed E-state index contributed by atoms with van der Waals surface area (Å²) < 4.78 is 0. The highest BCUT2D eigenvalue weighted by Gasteiger charge is 2.15. The van der Waals surface area contributed by atoms with E-state index in [1.165, 1.54) is 0 Å². The van der Waals surface area contributed by atoms with E-state index >= 15 is 0 Å². The number of carbonyl (C=O) groups excluding carboxylic acids is 1. The highest BCUT2D eigenvalue weighted by atomic mass is 35.5. The van der Waals surface area contributed by atoms with Crippen LogP contribution >= 0.6 is 11.6 Å². The molecule has 2 amide bonds. The van der Waals surface area contributed by atoms with Crippen LogP contribution in [0.4, 0.5) is 10.5 Å². The van der Waals surface area contributed by atoms with Crippen molar-refractivity contribution in [1.29, 1.82) is 0 Å². The van der Waals surface area contributed by atoms with Crippen LogP contribution in [-0.2, 0) is 6.54 Å². The number of urea groups is 1. The predicted molar refractivity (Wildman–Crippen MR) is 89.1 cm³/mol. The first-order chi connectivity index (χ1) is 10.6. The molecule has 0 aliphatic rings. The van der Waals surface area contributed by atoms with E-state index in [0.717, 1.165) is 11.1 Å². The molecule has 0 spiro atoms. The van der Waals surface area contributed by atoms with Gasteiger partial charge in [0, 0.05) is 13.1 Å². The van der Waals surface area contributed by atoms with Crippen LogP contribution in [0.15, 0.2) is 48.5 Å². The zero-order valence-electron chi connectivity index (χ0n) is 12.4. The predicted octanol–water partition coefficient (Wildman–Crippen LogP) is 3.67. The van der Waals surface area contributed by atoms with Crippen LogP contribution in [0.25, 0.3) is 0 Å². The summed E-state index contributed by atoms with van der Waals surface area (Å²) >= 11 is 6.20. The third-order valence-corrected chi connectivity index (χ3v) is 3.81. The van der Waals surface area contributed by atoms with Gasteiger partial charge in [-0.2, -0.15) is 0 Å². The average molecular weight is 319 g/mol. The highest BCUT2D eigenvalue weighted by molar-refractivity contribution is 6.34. The topological polar surface area (TPSA) is 52.6 Å². The molecule has 2 aromatic carbocycles. The summed E-state index contributed by atoms with van der Waals surface area (Å²) in [5.41, 5.74) is 2.47. The maximum absolute atomic E-state index is 12.4. The number of aryl methyl sites for hydroxylation is 1. The largest absolute Gasteiger partial charge is 0.395 e. The fourth-order valence-corrected chi connectivity index (χ4v) is 2.29. The minimum Gasteiger partial charge on any atom is -0.395 e. The number of nitrogens with one attached hydrogen (secondary N) is 1. The Balaban J connectivity index is 2.11. The summed E-state index contributed by atoms with van der Waals surface area (Å²) in [4.78, 5) is 14.0. The fraction of sp³-hybridized carbons (Fsp3) is 0.235. The van der Waals surface area contributed by atoms with Crippen LogP contribution in [-0.4, -0.2) is 29.2 Å². The van der Waals surface area contributed by atoms with Crippen molar-refractivity contribution in [3.8, 4) is 0 Å². The lowest BCUT2D eigenvalue weighted by atomic mass is 10.2. The number of amides is 2. The van der Waals surface area contributed by atoms with Gasteiger partial charge in [-0.05, 0) is 24.1 Å². The van der Waals surface area contributed by atoms with Gasteiger partial charge in [0.15, 0.2) is 0 Å². The van der Waals surface area contributed by atoms with E-state index in [1.54, 1.807) is 11.0 Å². The maximum Gasteiger partial charge on any atom is 0.322 e. The van der Waals surface area contributed by atoms with Crippen molar-refractivity contribution >= 4 is 23.3 Å². The van der Waals surface area contributed by atoms with Gasteiger partial charge in [0.25, 0.3) is 0 Å². The molecule has 0 atom stereocenters. The summed E-state index contributed by atoms with van der Waals surface area (Å²) in [5.74, 6) is 0. The Morgan fingerprint density at radius 3 is 2.59 bits per heavy atom. The van der Waals surface area contributed by atoms with Crippen molar-refractivity contribution in [2.75, 3.05) is 18.5 Å². The van der Waals surface area contributed by atoms with Crippen LogP contribution in [0, 0.1) is 6.92 Å². The lowest BCUT2D eigenvalue weighted by Gasteiger charge is -2.23. The normalized spacial score (nSPS) is 10.3. The molecule has 116 valence electrons. The molecule has 2 aromatic rings. The van der Waals surface area contributed by atoms with Crippen LogP contribution < -0.4 is 5.32 Å². The molecule has 2 N–H and O–H groups in total. The van der Waals surface area contributed by atoms with Crippen molar-refractivity contribution in [3.63, 3.8) is 0 Å². The maximum atomic E-state index is 12.4. The van der Waals surface area contributed by atoms with Gasteiger partial charge in [-0.1, -0.05) is 54.1 Å². The van der Waals surface area contributed by atoms with Gasteiger partial charge in [-0.25, -0.2) is 4.79 Å². The van der Waals surface area contributed by atoms with Gasteiger partial charge < -0.3 is 15.3 Å². The summed E-state index contributed by atoms with van der Waals surface area (Å²) in [6.07, 6.45) is 0. The molecule has 0 unspecified atom stereocenters. The molecule has 4 nitrogen and oxygen atoms in total. The van der Waals surface area contributed by atoms with Crippen LogP contribution in [0.1, 0.15) is 11.1 Å². The number of hydrogen-bond donors (Lipinski definition) is 2. The molecule has 2 rings (SSSR count). The van der Waals surface area contributed by atoms with Crippen LogP contribution in [0.3, 0.4) is 0 Å². The molecule has 0 saturated heterocycles. The van der Waals surface area contributed by atoms with E-state index in [0.29, 0.717) is 17.3 Å². The van der Waals surface area contributed by atoms with Crippen LogP contribution in [0.5, 0.6) is 0 Å². The Labute approximate surface area is 135 Å². The molecule has 0 aliphatic carbocycles. The lowest BCUT2D eigenvalue weighted by molar-refractivity contribution is 0.185. The van der Waals surface area contributed by atoms with Gasteiger partial charge in [0.2, 0.25) is 0 Å². The first-order valence-electron chi connectivity index (χ1n) is 7.07. The SMILES string of the molecule is Cc1cccc(NC(=O)N(CCO)Cc2ccccc2)c1Cl. The Morgan fingerprint density at radius 2 is 1.91 bits per heavy atom. The quantitative estimate of drug-likeness (QED) is 0.883. The van der Waals surface area contributed by atoms with E-state index in [-0.39, 0.29) is 19.2 Å². The molecular weight excluding hydrogens is 300 g/mol. The molecule has 5 heteroatoms. The summed E-state index contributed by atoms with van der Waals surface area (Å²) in [5, 5.41) is 12.5. The number of hydrogen-bond acceptors (Lipinski definition) is 2. The van der Waals surface area contributed by atoms with Crippen molar-refractivity contribution in [2.24, 2.45) is 0 Å². The third kappa shape index (κ3) is 4.23. The molecule has 0 radical (unpaired) electrons. The number of halogens is 1.